The van der Waals surface area contributed by atoms with Crippen molar-refractivity contribution in [3.8, 4) is 0 Å². The summed E-state index contributed by atoms with van der Waals surface area (Å²) in [6.07, 6.45) is 2.97. The number of carbonyl (C=O) groups excluding carboxylic acids is 1. The zero-order valence-electron chi connectivity index (χ0n) is 12.0. The van der Waals surface area contributed by atoms with Gasteiger partial charge < -0.3 is 10.2 Å². The van der Waals surface area contributed by atoms with Gasteiger partial charge in [0.25, 0.3) is 0 Å². The summed E-state index contributed by atoms with van der Waals surface area (Å²) in [5, 5.41) is 3.39. The molecule has 0 radical (unpaired) electrons. The number of amides is 1. The molecule has 1 aliphatic rings. The lowest BCUT2D eigenvalue weighted by Crippen LogP contribution is -2.35. The Bertz CT molecular complexity index is 425. The highest BCUT2D eigenvalue weighted by atomic mass is 16.2. The van der Waals surface area contributed by atoms with Crippen molar-refractivity contribution < 1.29 is 4.79 Å². The smallest absolute Gasteiger partial charge is 0.224 e. The van der Waals surface area contributed by atoms with Crippen molar-refractivity contribution in [3.05, 3.63) is 35.4 Å². The molecule has 3 nitrogen and oxygen atoms in total. The Morgan fingerprint density at radius 2 is 2.21 bits per heavy atom. The van der Waals surface area contributed by atoms with E-state index < -0.39 is 0 Å². The van der Waals surface area contributed by atoms with Crippen LogP contribution in [0.15, 0.2) is 24.3 Å². The minimum Gasteiger partial charge on any atom is -0.339 e. The summed E-state index contributed by atoms with van der Waals surface area (Å²) in [6.45, 7) is 6.72. The number of nitrogens with zero attached hydrogens (tertiary/aromatic N) is 1. The molecule has 1 fully saturated rings. The van der Waals surface area contributed by atoms with Crippen molar-refractivity contribution in [3.63, 3.8) is 0 Å². The summed E-state index contributed by atoms with van der Waals surface area (Å²) < 4.78 is 0. The molecule has 1 aliphatic heterocycles. The zero-order valence-corrected chi connectivity index (χ0v) is 12.0. The Kier molecular flexibility index (Phi) is 4.97. The van der Waals surface area contributed by atoms with Crippen LogP contribution in [-0.2, 0) is 11.3 Å². The molecule has 1 aromatic carbocycles. The van der Waals surface area contributed by atoms with Crippen LogP contribution in [0.2, 0.25) is 0 Å². The van der Waals surface area contributed by atoms with E-state index in [4.69, 9.17) is 0 Å². The molecule has 0 saturated carbocycles. The molecule has 1 atom stereocenters. The molecule has 0 spiro atoms. The van der Waals surface area contributed by atoms with E-state index >= 15 is 0 Å². The number of hydrogen-bond acceptors (Lipinski definition) is 2. The first-order valence-corrected chi connectivity index (χ1v) is 7.26. The fourth-order valence-electron chi connectivity index (χ4n) is 2.64. The predicted molar refractivity (Wildman–Crippen MR) is 77.9 cm³/mol. The van der Waals surface area contributed by atoms with Gasteiger partial charge in [-0.05, 0) is 44.4 Å². The third-order valence-corrected chi connectivity index (χ3v) is 3.94. The molecule has 1 N–H and O–H groups in total. The second-order valence-electron chi connectivity index (χ2n) is 5.33. The number of nitrogens with one attached hydrogen (secondary N) is 1. The number of carbonyl (C=O) groups is 1. The van der Waals surface area contributed by atoms with Crippen molar-refractivity contribution >= 4 is 5.91 Å². The van der Waals surface area contributed by atoms with Crippen molar-refractivity contribution in [1.82, 2.24) is 10.2 Å². The van der Waals surface area contributed by atoms with E-state index in [1.54, 1.807) is 0 Å². The maximum atomic E-state index is 12.3. The number of benzene rings is 1. The van der Waals surface area contributed by atoms with Gasteiger partial charge in [0.1, 0.15) is 0 Å². The normalized spacial score (nSPS) is 18.5. The standard InChI is InChI=1S/C16H24N2O/c1-3-18(12-14-8-5-4-7-13(14)2)16(19)11-15-9-6-10-17-15/h4-5,7-8,15,17H,3,6,9-12H2,1-2H3. The van der Waals surface area contributed by atoms with Crippen molar-refractivity contribution in [2.45, 2.75) is 45.7 Å². The molecular formula is C16H24N2O. The average Bonchev–Trinajstić information content (AvgIpc) is 2.90. The van der Waals surface area contributed by atoms with Gasteiger partial charge in [-0.25, -0.2) is 0 Å². The Hall–Kier alpha value is -1.35. The summed E-state index contributed by atoms with van der Waals surface area (Å²) >= 11 is 0. The maximum absolute atomic E-state index is 12.3. The zero-order chi connectivity index (χ0) is 13.7. The highest BCUT2D eigenvalue weighted by Gasteiger charge is 2.21. The number of rotatable bonds is 5. The molecule has 1 heterocycles. The van der Waals surface area contributed by atoms with Crippen molar-refractivity contribution in [2.24, 2.45) is 0 Å². The molecule has 0 aliphatic carbocycles. The Labute approximate surface area is 116 Å². The van der Waals surface area contributed by atoms with Gasteiger partial charge in [-0.3, -0.25) is 4.79 Å². The van der Waals surface area contributed by atoms with Gasteiger partial charge in [-0.15, -0.1) is 0 Å². The average molecular weight is 260 g/mol. The number of aryl methyl sites for hydroxylation is 1. The van der Waals surface area contributed by atoms with Gasteiger partial charge in [0.05, 0.1) is 0 Å². The first-order chi connectivity index (χ1) is 9.20. The number of hydrogen-bond donors (Lipinski definition) is 1. The molecule has 2 rings (SSSR count). The molecule has 0 aromatic heterocycles. The van der Waals surface area contributed by atoms with Crippen LogP contribution >= 0.6 is 0 Å². The fraction of sp³-hybridized carbons (Fsp3) is 0.562. The lowest BCUT2D eigenvalue weighted by molar-refractivity contribution is -0.132. The second-order valence-corrected chi connectivity index (χ2v) is 5.33. The minimum absolute atomic E-state index is 0.269. The van der Waals surface area contributed by atoms with E-state index in [2.05, 4.69) is 31.3 Å². The molecule has 1 unspecified atom stereocenters. The molecule has 1 saturated heterocycles. The maximum Gasteiger partial charge on any atom is 0.224 e. The Morgan fingerprint density at radius 3 is 2.84 bits per heavy atom. The third-order valence-electron chi connectivity index (χ3n) is 3.94. The van der Waals surface area contributed by atoms with Crippen LogP contribution in [0, 0.1) is 6.92 Å². The third kappa shape index (κ3) is 3.80. The van der Waals surface area contributed by atoms with Gasteiger partial charge in [0, 0.05) is 25.6 Å². The lowest BCUT2D eigenvalue weighted by Gasteiger charge is -2.23. The van der Waals surface area contributed by atoms with Gasteiger partial charge in [-0.2, -0.15) is 0 Å². The summed E-state index contributed by atoms with van der Waals surface area (Å²) in [7, 11) is 0. The van der Waals surface area contributed by atoms with Crippen LogP contribution in [0.25, 0.3) is 0 Å². The van der Waals surface area contributed by atoms with E-state index in [9.17, 15) is 4.79 Å². The van der Waals surface area contributed by atoms with E-state index in [1.165, 1.54) is 17.5 Å². The van der Waals surface area contributed by atoms with Crippen LogP contribution in [-0.4, -0.2) is 29.9 Å². The lowest BCUT2D eigenvalue weighted by atomic mass is 10.1. The van der Waals surface area contributed by atoms with E-state index in [0.29, 0.717) is 12.5 Å². The summed E-state index contributed by atoms with van der Waals surface area (Å²) in [5.41, 5.74) is 2.50. The van der Waals surface area contributed by atoms with Crippen LogP contribution in [0.5, 0.6) is 0 Å². The van der Waals surface area contributed by atoms with Crippen molar-refractivity contribution in [2.75, 3.05) is 13.1 Å². The monoisotopic (exact) mass is 260 g/mol. The highest BCUT2D eigenvalue weighted by molar-refractivity contribution is 5.76. The van der Waals surface area contributed by atoms with Crippen molar-refractivity contribution in [1.29, 1.82) is 0 Å². The molecular weight excluding hydrogens is 236 g/mol. The molecule has 19 heavy (non-hydrogen) atoms. The predicted octanol–water partition coefficient (Wildman–Crippen LogP) is 2.49. The highest BCUT2D eigenvalue weighted by Crippen LogP contribution is 2.14. The largest absolute Gasteiger partial charge is 0.339 e. The fourth-order valence-corrected chi connectivity index (χ4v) is 2.64. The van der Waals surface area contributed by atoms with Gasteiger partial charge in [0.15, 0.2) is 0 Å². The van der Waals surface area contributed by atoms with Gasteiger partial charge >= 0.3 is 0 Å². The molecule has 3 heteroatoms. The quantitative estimate of drug-likeness (QED) is 0.882. The molecule has 0 bridgehead atoms. The van der Waals surface area contributed by atoms with E-state index in [-0.39, 0.29) is 5.91 Å². The van der Waals surface area contributed by atoms with Gasteiger partial charge in [-0.1, -0.05) is 24.3 Å². The topological polar surface area (TPSA) is 32.3 Å². The van der Waals surface area contributed by atoms with Crippen LogP contribution < -0.4 is 5.32 Å². The van der Waals surface area contributed by atoms with Crippen LogP contribution in [0.1, 0.15) is 37.3 Å². The van der Waals surface area contributed by atoms with E-state index in [1.807, 2.05) is 17.0 Å². The van der Waals surface area contributed by atoms with Crippen LogP contribution in [0.3, 0.4) is 0 Å². The minimum atomic E-state index is 0.269. The van der Waals surface area contributed by atoms with Gasteiger partial charge in [0.2, 0.25) is 5.91 Å². The molecule has 1 aromatic rings. The molecule has 104 valence electrons. The van der Waals surface area contributed by atoms with E-state index in [0.717, 1.165) is 26.1 Å². The SMILES string of the molecule is CCN(Cc1ccccc1C)C(=O)CC1CCCN1. The summed E-state index contributed by atoms with van der Waals surface area (Å²) in [4.78, 5) is 14.3. The first kappa shape index (κ1) is 14.1. The first-order valence-electron chi connectivity index (χ1n) is 7.26. The second kappa shape index (κ2) is 6.71. The Morgan fingerprint density at radius 1 is 1.42 bits per heavy atom. The molecule has 1 amide bonds. The Balaban J connectivity index is 1.95. The van der Waals surface area contributed by atoms with Crippen LogP contribution in [0.4, 0.5) is 0 Å². The summed E-state index contributed by atoms with van der Waals surface area (Å²) in [6, 6.07) is 8.68. The summed E-state index contributed by atoms with van der Waals surface area (Å²) in [5.74, 6) is 0.269.